The number of urea groups is 1. The zero-order valence-electron chi connectivity index (χ0n) is 11.8. The van der Waals surface area contributed by atoms with Crippen molar-refractivity contribution in [1.82, 2.24) is 20.3 Å². The summed E-state index contributed by atoms with van der Waals surface area (Å²) in [7, 11) is -3.64. The number of hydrogen-bond donors (Lipinski definition) is 4. The van der Waals surface area contributed by atoms with Crippen LogP contribution in [0, 0.1) is 0 Å². The lowest BCUT2D eigenvalue weighted by Crippen LogP contribution is -2.40. The summed E-state index contributed by atoms with van der Waals surface area (Å²) in [5, 5.41) is 13.3. The molecular formula is C12H18N4O5S. The minimum atomic E-state index is -3.64. The number of hydrogen-bond acceptors (Lipinski definition) is 5. The molecule has 1 aromatic rings. The number of aliphatic carboxylic acids is 1. The Kier molecular flexibility index (Phi) is 7.26. The first-order valence-corrected chi connectivity index (χ1v) is 8.03. The van der Waals surface area contributed by atoms with Gasteiger partial charge >= 0.3 is 12.0 Å². The number of amides is 2. The van der Waals surface area contributed by atoms with Gasteiger partial charge in [0.15, 0.2) is 0 Å². The number of nitrogens with one attached hydrogen (secondary N) is 3. The maximum atomic E-state index is 11.8. The fraction of sp³-hybridized carbons (Fsp3) is 0.417. The van der Waals surface area contributed by atoms with Gasteiger partial charge in [-0.1, -0.05) is 0 Å². The van der Waals surface area contributed by atoms with Crippen LogP contribution >= 0.6 is 0 Å². The predicted molar refractivity (Wildman–Crippen MR) is 77.7 cm³/mol. The fourth-order valence-corrected chi connectivity index (χ4v) is 2.45. The maximum absolute atomic E-state index is 11.8. The molecule has 4 N–H and O–H groups in total. The van der Waals surface area contributed by atoms with Crippen LogP contribution in [0.25, 0.3) is 0 Å². The van der Waals surface area contributed by atoms with Crippen LogP contribution in [-0.4, -0.2) is 50.1 Å². The van der Waals surface area contributed by atoms with E-state index in [-0.39, 0.29) is 31.0 Å². The normalized spacial score (nSPS) is 10.9. The quantitative estimate of drug-likeness (QED) is 0.451. The van der Waals surface area contributed by atoms with Gasteiger partial charge in [0.25, 0.3) is 0 Å². The van der Waals surface area contributed by atoms with Crippen molar-refractivity contribution in [3.63, 3.8) is 0 Å². The molecule has 1 aromatic heterocycles. The highest BCUT2D eigenvalue weighted by Gasteiger charge is 2.12. The second-order valence-corrected chi connectivity index (χ2v) is 6.03. The van der Waals surface area contributed by atoms with E-state index in [1.807, 2.05) is 0 Å². The largest absolute Gasteiger partial charge is 0.481 e. The van der Waals surface area contributed by atoms with Crippen molar-refractivity contribution in [2.45, 2.75) is 17.7 Å². The molecule has 0 bridgehead atoms. The number of carboxylic acids is 1. The van der Waals surface area contributed by atoms with E-state index in [1.165, 1.54) is 24.5 Å². The Bertz CT molecular complexity index is 591. The van der Waals surface area contributed by atoms with Gasteiger partial charge < -0.3 is 15.7 Å². The van der Waals surface area contributed by atoms with Crippen LogP contribution in [0.1, 0.15) is 12.8 Å². The summed E-state index contributed by atoms with van der Waals surface area (Å²) >= 11 is 0. The molecule has 0 spiro atoms. The van der Waals surface area contributed by atoms with Crippen molar-refractivity contribution in [2.75, 3.05) is 19.6 Å². The number of rotatable bonds is 9. The Morgan fingerprint density at radius 1 is 1.18 bits per heavy atom. The highest BCUT2D eigenvalue weighted by molar-refractivity contribution is 7.89. The first kappa shape index (κ1) is 17.9. The summed E-state index contributed by atoms with van der Waals surface area (Å²) in [5.74, 6) is -0.924. The molecular weight excluding hydrogens is 312 g/mol. The van der Waals surface area contributed by atoms with Gasteiger partial charge in [-0.25, -0.2) is 17.9 Å². The van der Waals surface area contributed by atoms with Crippen LogP contribution in [-0.2, 0) is 14.8 Å². The third kappa shape index (κ3) is 6.99. The Morgan fingerprint density at radius 3 is 2.55 bits per heavy atom. The van der Waals surface area contributed by atoms with Crippen molar-refractivity contribution in [1.29, 1.82) is 0 Å². The molecule has 0 unspecified atom stereocenters. The summed E-state index contributed by atoms with van der Waals surface area (Å²) < 4.78 is 26.0. The number of carboxylic acid groups (broad SMARTS) is 1. The molecule has 1 heterocycles. The summed E-state index contributed by atoms with van der Waals surface area (Å²) in [5.41, 5.74) is 0. The Balaban J connectivity index is 2.19. The number of pyridine rings is 1. The number of nitrogens with zero attached hydrogens (tertiary/aromatic N) is 1. The van der Waals surface area contributed by atoms with Gasteiger partial charge in [0.1, 0.15) is 4.90 Å². The Labute approximate surface area is 128 Å². The van der Waals surface area contributed by atoms with Crippen LogP contribution < -0.4 is 15.4 Å². The minimum Gasteiger partial charge on any atom is -0.481 e. The number of aromatic nitrogens is 1. The number of carbonyl (C=O) groups excluding carboxylic acids is 1. The van der Waals surface area contributed by atoms with E-state index < -0.39 is 22.0 Å². The molecule has 22 heavy (non-hydrogen) atoms. The van der Waals surface area contributed by atoms with Crippen molar-refractivity contribution in [2.24, 2.45) is 0 Å². The molecule has 0 fully saturated rings. The van der Waals surface area contributed by atoms with E-state index >= 15 is 0 Å². The molecule has 0 radical (unpaired) electrons. The van der Waals surface area contributed by atoms with E-state index in [9.17, 15) is 18.0 Å². The first-order valence-electron chi connectivity index (χ1n) is 6.55. The molecule has 10 heteroatoms. The lowest BCUT2D eigenvalue weighted by atomic mass is 10.3. The molecule has 1 rings (SSSR count). The second kappa shape index (κ2) is 8.95. The second-order valence-electron chi connectivity index (χ2n) is 4.27. The Hall–Kier alpha value is -2.20. The maximum Gasteiger partial charge on any atom is 0.314 e. The number of carbonyl (C=O) groups is 2. The van der Waals surface area contributed by atoms with Gasteiger partial charge in [-0.3, -0.25) is 9.78 Å². The van der Waals surface area contributed by atoms with Gasteiger partial charge in [0, 0.05) is 38.4 Å². The molecule has 0 aromatic carbocycles. The zero-order valence-corrected chi connectivity index (χ0v) is 12.6. The van der Waals surface area contributed by atoms with E-state index in [4.69, 9.17) is 5.11 Å². The topological polar surface area (TPSA) is 137 Å². The molecule has 0 aliphatic heterocycles. The molecule has 0 saturated carbocycles. The van der Waals surface area contributed by atoms with Crippen LogP contribution in [0.3, 0.4) is 0 Å². The van der Waals surface area contributed by atoms with Gasteiger partial charge in [-0.2, -0.15) is 0 Å². The zero-order chi connectivity index (χ0) is 16.4. The standard InChI is InChI=1S/C12H18N4O5S/c17-11(18)4-2-6-14-12(19)15-7-8-16-22(20,21)10-3-1-5-13-9-10/h1,3,5,9,16H,2,4,6-8H2,(H,17,18)(H2,14,15,19). The smallest absolute Gasteiger partial charge is 0.314 e. The predicted octanol–water partition coefficient (Wildman–Crippen LogP) is -0.476. The number of sulfonamides is 1. The fourth-order valence-electron chi connectivity index (χ4n) is 1.45. The minimum absolute atomic E-state index is 0.0226. The van der Waals surface area contributed by atoms with Crippen molar-refractivity contribution in [3.05, 3.63) is 24.5 Å². The van der Waals surface area contributed by atoms with E-state index in [0.717, 1.165) is 0 Å². The average molecular weight is 330 g/mol. The van der Waals surface area contributed by atoms with Crippen LogP contribution in [0.15, 0.2) is 29.4 Å². The van der Waals surface area contributed by atoms with Gasteiger partial charge in [0.05, 0.1) is 0 Å². The van der Waals surface area contributed by atoms with Gasteiger partial charge in [0.2, 0.25) is 10.0 Å². The third-order valence-electron chi connectivity index (χ3n) is 2.50. The molecule has 0 saturated heterocycles. The lowest BCUT2D eigenvalue weighted by Gasteiger charge is -2.08. The van der Waals surface area contributed by atoms with E-state index in [0.29, 0.717) is 6.42 Å². The SMILES string of the molecule is O=C(O)CCCNC(=O)NCCNS(=O)(=O)c1cccnc1. The summed E-state index contributed by atoms with van der Waals surface area (Å²) in [6, 6.07) is 2.45. The van der Waals surface area contributed by atoms with Crippen LogP contribution in [0.4, 0.5) is 4.79 Å². The Morgan fingerprint density at radius 2 is 1.91 bits per heavy atom. The van der Waals surface area contributed by atoms with Crippen molar-refractivity contribution in [3.8, 4) is 0 Å². The molecule has 0 aliphatic carbocycles. The molecule has 2 amide bonds. The first-order chi connectivity index (χ1) is 10.4. The van der Waals surface area contributed by atoms with Crippen molar-refractivity contribution < 1.29 is 23.1 Å². The monoisotopic (exact) mass is 330 g/mol. The lowest BCUT2D eigenvalue weighted by molar-refractivity contribution is -0.137. The van der Waals surface area contributed by atoms with E-state index in [2.05, 4.69) is 20.3 Å². The third-order valence-corrected chi connectivity index (χ3v) is 3.95. The molecule has 9 nitrogen and oxygen atoms in total. The van der Waals surface area contributed by atoms with Crippen LogP contribution in [0.2, 0.25) is 0 Å². The van der Waals surface area contributed by atoms with Gasteiger partial charge in [-0.15, -0.1) is 0 Å². The molecule has 0 atom stereocenters. The van der Waals surface area contributed by atoms with Crippen molar-refractivity contribution >= 4 is 22.0 Å². The van der Waals surface area contributed by atoms with E-state index in [1.54, 1.807) is 0 Å². The average Bonchev–Trinajstić information content (AvgIpc) is 2.49. The highest BCUT2D eigenvalue weighted by Crippen LogP contribution is 2.04. The van der Waals surface area contributed by atoms with Gasteiger partial charge in [-0.05, 0) is 18.6 Å². The van der Waals surface area contributed by atoms with Crippen LogP contribution in [0.5, 0.6) is 0 Å². The summed E-state index contributed by atoms with van der Waals surface area (Å²) in [6.45, 7) is 0.365. The summed E-state index contributed by atoms with van der Waals surface area (Å²) in [4.78, 5) is 25.4. The molecule has 122 valence electrons. The summed E-state index contributed by atoms with van der Waals surface area (Å²) in [6.07, 6.45) is 3.00. The molecule has 0 aliphatic rings. The highest BCUT2D eigenvalue weighted by atomic mass is 32.2.